The number of hydrogen-bond acceptors (Lipinski definition) is 6. The third-order valence-corrected chi connectivity index (χ3v) is 5.52. The fourth-order valence-corrected chi connectivity index (χ4v) is 4.09. The van der Waals surface area contributed by atoms with Crippen LogP contribution in [0.25, 0.3) is 0 Å². The van der Waals surface area contributed by atoms with Gasteiger partial charge in [-0.25, -0.2) is 4.98 Å². The number of nitro groups is 1. The van der Waals surface area contributed by atoms with Gasteiger partial charge in [-0.3, -0.25) is 14.9 Å². The maximum absolute atomic E-state index is 12.8. The van der Waals surface area contributed by atoms with Crippen molar-refractivity contribution in [3.05, 3.63) is 81.9 Å². The summed E-state index contributed by atoms with van der Waals surface area (Å²) in [5, 5.41) is 11.9. The highest BCUT2D eigenvalue weighted by Gasteiger charge is 2.33. The number of imidazole rings is 1. The van der Waals surface area contributed by atoms with Crippen LogP contribution in [0.2, 0.25) is 0 Å². The average Bonchev–Trinajstić information content (AvgIpc) is 3.41. The van der Waals surface area contributed by atoms with E-state index in [2.05, 4.69) is 4.98 Å². The van der Waals surface area contributed by atoms with E-state index in [-0.39, 0.29) is 28.9 Å². The Kier molecular flexibility index (Phi) is 5.22. The number of carbonyl (C=O) groups is 1. The van der Waals surface area contributed by atoms with Gasteiger partial charge >= 0.3 is 0 Å². The Bertz CT molecular complexity index is 1110. The van der Waals surface area contributed by atoms with Crippen LogP contribution in [0.5, 0.6) is 5.75 Å². The number of nitro benzene ring substituents is 1. The Morgan fingerprint density at radius 3 is 2.77 bits per heavy atom. The number of rotatable bonds is 6. The lowest BCUT2D eigenvalue weighted by molar-refractivity contribution is -0.384. The van der Waals surface area contributed by atoms with Crippen molar-refractivity contribution in [3.8, 4) is 5.75 Å². The number of carbonyl (C=O) groups excluding carboxylic acids is 1. The molecule has 154 valence electrons. The number of aromatic nitrogens is 2. The zero-order chi connectivity index (χ0) is 21.3. The van der Waals surface area contributed by atoms with Crippen molar-refractivity contribution in [2.45, 2.75) is 18.9 Å². The van der Waals surface area contributed by atoms with Gasteiger partial charge in [-0.1, -0.05) is 18.2 Å². The number of hydrogen-bond donors (Lipinski definition) is 0. The van der Waals surface area contributed by atoms with Gasteiger partial charge in [0.25, 0.3) is 5.69 Å². The highest BCUT2D eigenvalue weighted by molar-refractivity contribution is 6.07. The first-order chi connectivity index (χ1) is 14.5. The second-order valence-electron chi connectivity index (χ2n) is 7.24. The van der Waals surface area contributed by atoms with E-state index in [1.165, 1.54) is 12.3 Å². The minimum absolute atomic E-state index is 0.0315. The quantitative estimate of drug-likeness (QED) is 0.350. The molecule has 0 radical (unpaired) electrons. The monoisotopic (exact) mass is 406 g/mol. The van der Waals surface area contributed by atoms with E-state index >= 15 is 0 Å². The standard InChI is InChI=1S/C22H22N4O4/c1-24-13-11-23-22(24)21(27)15-9-10-18(19(14-15)26(28)29)25-12-5-7-17(25)16-6-3-4-8-20(16)30-2/h3-4,6,8-11,13-14,17H,5,7,12H2,1-2H3. The lowest BCUT2D eigenvalue weighted by Crippen LogP contribution is -2.24. The molecule has 0 bridgehead atoms. The lowest BCUT2D eigenvalue weighted by atomic mass is 10.0. The van der Waals surface area contributed by atoms with Crippen LogP contribution in [0.4, 0.5) is 11.4 Å². The molecule has 1 atom stereocenters. The molecule has 0 saturated carbocycles. The molecule has 2 aromatic carbocycles. The Balaban J connectivity index is 1.74. The molecule has 2 heterocycles. The summed E-state index contributed by atoms with van der Waals surface area (Å²) < 4.78 is 7.11. The van der Waals surface area contributed by atoms with Gasteiger partial charge in [-0.2, -0.15) is 0 Å². The SMILES string of the molecule is COc1ccccc1C1CCCN1c1ccc(C(=O)c2nccn2C)cc1[N+](=O)[O-]. The fourth-order valence-electron chi connectivity index (χ4n) is 4.09. The minimum atomic E-state index is -0.428. The molecule has 0 aliphatic carbocycles. The van der Waals surface area contributed by atoms with Crippen molar-refractivity contribution in [1.82, 2.24) is 9.55 Å². The molecule has 0 spiro atoms. The molecule has 4 rings (SSSR count). The van der Waals surface area contributed by atoms with Crippen molar-refractivity contribution in [1.29, 1.82) is 0 Å². The highest BCUT2D eigenvalue weighted by Crippen LogP contribution is 2.43. The first-order valence-electron chi connectivity index (χ1n) is 9.71. The van der Waals surface area contributed by atoms with E-state index in [9.17, 15) is 14.9 Å². The minimum Gasteiger partial charge on any atom is -0.496 e. The second kappa shape index (κ2) is 7.98. The Hall–Kier alpha value is -3.68. The van der Waals surface area contributed by atoms with Gasteiger partial charge in [-0.05, 0) is 31.0 Å². The predicted molar refractivity (Wildman–Crippen MR) is 112 cm³/mol. The van der Waals surface area contributed by atoms with E-state index in [0.29, 0.717) is 12.2 Å². The predicted octanol–water partition coefficient (Wildman–Crippen LogP) is 3.91. The summed E-state index contributed by atoms with van der Waals surface area (Å²) >= 11 is 0. The molecule has 3 aromatic rings. The van der Waals surface area contributed by atoms with E-state index in [4.69, 9.17) is 4.74 Å². The van der Waals surface area contributed by atoms with Crippen LogP contribution in [-0.4, -0.2) is 33.9 Å². The van der Waals surface area contributed by atoms with Crippen LogP contribution in [0.1, 0.15) is 40.6 Å². The van der Waals surface area contributed by atoms with Crippen molar-refractivity contribution in [3.63, 3.8) is 0 Å². The van der Waals surface area contributed by atoms with Crippen LogP contribution < -0.4 is 9.64 Å². The van der Waals surface area contributed by atoms with Crippen LogP contribution in [0.15, 0.2) is 54.9 Å². The molecule has 0 amide bonds. The number of para-hydroxylation sites is 1. The van der Waals surface area contributed by atoms with Crippen LogP contribution >= 0.6 is 0 Å². The molecular weight excluding hydrogens is 384 g/mol. The highest BCUT2D eigenvalue weighted by atomic mass is 16.6. The largest absolute Gasteiger partial charge is 0.496 e. The number of anilines is 1. The van der Waals surface area contributed by atoms with Crippen LogP contribution in [0.3, 0.4) is 0 Å². The topological polar surface area (TPSA) is 90.5 Å². The zero-order valence-electron chi connectivity index (χ0n) is 16.8. The van der Waals surface area contributed by atoms with E-state index < -0.39 is 4.92 Å². The molecular formula is C22H22N4O4. The summed E-state index contributed by atoms with van der Waals surface area (Å²) in [6, 6.07) is 12.4. The Morgan fingerprint density at radius 2 is 2.07 bits per heavy atom. The van der Waals surface area contributed by atoms with Gasteiger partial charge < -0.3 is 14.2 Å². The van der Waals surface area contributed by atoms with Gasteiger partial charge in [0.2, 0.25) is 5.78 Å². The van der Waals surface area contributed by atoms with Gasteiger partial charge in [0.1, 0.15) is 11.4 Å². The summed E-state index contributed by atoms with van der Waals surface area (Å²) in [6.45, 7) is 0.691. The summed E-state index contributed by atoms with van der Waals surface area (Å²) in [5.41, 5.74) is 1.66. The molecule has 1 unspecified atom stereocenters. The molecule has 1 aromatic heterocycles. The van der Waals surface area contributed by atoms with Gasteiger partial charge in [0.15, 0.2) is 5.82 Å². The molecule has 1 aliphatic rings. The molecule has 1 saturated heterocycles. The Labute approximate surface area is 173 Å². The van der Waals surface area contributed by atoms with Gasteiger partial charge in [0.05, 0.1) is 18.1 Å². The number of methoxy groups -OCH3 is 1. The van der Waals surface area contributed by atoms with E-state index in [0.717, 1.165) is 24.2 Å². The second-order valence-corrected chi connectivity index (χ2v) is 7.24. The molecule has 8 heteroatoms. The third kappa shape index (κ3) is 3.41. The number of nitrogens with zero attached hydrogens (tertiary/aromatic N) is 4. The summed E-state index contributed by atoms with van der Waals surface area (Å²) in [6.07, 6.45) is 4.97. The molecule has 0 N–H and O–H groups in total. The van der Waals surface area contributed by atoms with Crippen LogP contribution in [0, 0.1) is 10.1 Å². The third-order valence-electron chi connectivity index (χ3n) is 5.52. The fraction of sp³-hybridized carbons (Fsp3) is 0.273. The Morgan fingerprint density at radius 1 is 1.27 bits per heavy atom. The van der Waals surface area contributed by atoms with E-state index in [1.807, 2.05) is 29.2 Å². The first-order valence-corrected chi connectivity index (χ1v) is 9.71. The van der Waals surface area contributed by atoms with Crippen molar-refractivity contribution < 1.29 is 14.5 Å². The normalized spacial score (nSPS) is 15.9. The maximum Gasteiger partial charge on any atom is 0.293 e. The summed E-state index contributed by atoms with van der Waals surface area (Å²) in [7, 11) is 3.34. The molecule has 1 aliphatic heterocycles. The number of ether oxygens (including phenoxy) is 1. The van der Waals surface area contributed by atoms with Crippen molar-refractivity contribution >= 4 is 17.2 Å². The van der Waals surface area contributed by atoms with Gasteiger partial charge in [-0.15, -0.1) is 0 Å². The smallest absolute Gasteiger partial charge is 0.293 e. The van der Waals surface area contributed by atoms with Crippen molar-refractivity contribution in [2.24, 2.45) is 7.05 Å². The average molecular weight is 406 g/mol. The number of aryl methyl sites for hydroxylation is 1. The zero-order valence-corrected chi connectivity index (χ0v) is 16.8. The molecule has 30 heavy (non-hydrogen) atoms. The van der Waals surface area contributed by atoms with Crippen LogP contribution in [-0.2, 0) is 7.05 Å². The van der Waals surface area contributed by atoms with E-state index in [1.54, 1.807) is 37.1 Å². The maximum atomic E-state index is 12.8. The summed E-state index contributed by atoms with van der Waals surface area (Å²) in [5.74, 6) is 0.656. The molecule has 8 nitrogen and oxygen atoms in total. The van der Waals surface area contributed by atoms with Crippen molar-refractivity contribution in [2.75, 3.05) is 18.6 Å². The number of benzene rings is 2. The number of ketones is 1. The first kappa shape index (κ1) is 19.6. The van der Waals surface area contributed by atoms with Gasteiger partial charge in [0, 0.05) is 43.2 Å². The lowest BCUT2D eigenvalue weighted by Gasteiger charge is -2.28. The molecule has 1 fully saturated rings. The summed E-state index contributed by atoms with van der Waals surface area (Å²) in [4.78, 5) is 30.3.